The summed E-state index contributed by atoms with van der Waals surface area (Å²) in [5.41, 5.74) is 7.96. The third-order valence-electron chi connectivity index (χ3n) is 5.48. The Hall–Kier alpha value is -3.19. The van der Waals surface area contributed by atoms with Gasteiger partial charge in [0.2, 0.25) is 11.8 Å². The second kappa shape index (κ2) is 8.05. The number of anilines is 1. The lowest BCUT2D eigenvalue weighted by molar-refractivity contribution is -0.121. The minimum atomic E-state index is -0.491. The number of amides is 2. The summed E-state index contributed by atoms with van der Waals surface area (Å²) in [6, 6.07) is 14.0. The number of oxazole rings is 1. The number of nitrogens with two attached hydrogens (primary N) is 1. The van der Waals surface area contributed by atoms with E-state index in [1.807, 2.05) is 31.2 Å². The largest absolute Gasteiger partial charge is 0.440 e. The Balaban J connectivity index is 1.41. The number of nitrogens with zero attached hydrogens (tertiary/aromatic N) is 2. The molecule has 1 fully saturated rings. The average Bonchev–Trinajstić information content (AvgIpc) is 3.18. The number of hydrogen-bond acceptors (Lipinski definition) is 5. The van der Waals surface area contributed by atoms with Crippen LogP contribution in [0.3, 0.4) is 0 Å². The van der Waals surface area contributed by atoms with Crippen LogP contribution >= 0.6 is 0 Å². The summed E-state index contributed by atoms with van der Waals surface area (Å²) in [5, 5.41) is 2.91. The summed E-state index contributed by atoms with van der Waals surface area (Å²) < 4.78 is 5.95. The highest BCUT2D eigenvalue weighted by Gasteiger charge is 2.30. The second-order valence-corrected chi connectivity index (χ2v) is 7.46. The SMILES string of the molecule is CC(C(=O)Nc1ccc(C(N)=O)cc1)N1CCCC(c2nc3ccccc3o2)C1. The lowest BCUT2D eigenvalue weighted by Gasteiger charge is -2.34. The number of aromatic nitrogens is 1. The van der Waals surface area contributed by atoms with Crippen molar-refractivity contribution in [1.29, 1.82) is 0 Å². The van der Waals surface area contributed by atoms with Crippen molar-refractivity contribution in [2.45, 2.75) is 31.7 Å². The van der Waals surface area contributed by atoms with Crippen molar-refractivity contribution in [1.82, 2.24) is 9.88 Å². The number of piperidine rings is 1. The first-order valence-corrected chi connectivity index (χ1v) is 9.81. The molecule has 0 saturated carbocycles. The normalized spacial score (nSPS) is 18.4. The van der Waals surface area contributed by atoms with E-state index in [2.05, 4.69) is 15.2 Å². The number of hydrogen-bond donors (Lipinski definition) is 2. The van der Waals surface area contributed by atoms with Gasteiger partial charge in [-0.3, -0.25) is 14.5 Å². The molecule has 0 bridgehead atoms. The van der Waals surface area contributed by atoms with Crippen LogP contribution in [0, 0.1) is 0 Å². The molecule has 2 amide bonds. The summed E-state index contributed by atoms with van der Waals surface area (Å²) >= 11 is 0. The quantitative estimate of drug-likeness (QED) is 0.695. The molecule has 1 saturated heterocycles. The van der Waals surface area contributed by atoms with Gasteiger partial charge in [-0.15, -0.1) is 0 Å². The van der Waals surface area contributed by atoms with Crippen molar-refractivity contribution >= 4 is 28.6 Å². The number of nitrogens with one attached hydrogen (secondary N) is 1. The van der Waals surface area contributed by atoms with E-state index in [0.29, 0.717) is 11.3 Å². The molecule has 1 aromatic heterocycles. The molecule has 1 aliphatic heterocycles. The zero-order chi connectivity index (χ0) is 20.4. The van der Waals surface area contributed by atoms with E-state index in [4.69, 9.17) is 10.2 Å². The number of carbonyl (C=O) groups is 2. The maximum atomic E-state index is 12.7. The number of carbonyl (C=O) groups excluding carboxylic acids is 2. The first kappa shape index (κ1) is 19.1. The van der Waals surface area contributed by atoms with E-state index in [1.165, 1.54) is 0 Å². The van der Waals surface area contributed by atoms with Crippen LogP contribution in [0.25, 0.3) is 11.1 Å². The van der Waals surface area contributed by atoms with Gasteiger partial charge in [-0.1, -0.05) is 12.1 Å². The molecule has 2 heterocycles. The van der Waals surface area contributed by atoms with E-state index in [-0.39, 0.29) is 17.9 Å². The van der Waals surface area contributed by atoms with Gasteiger partial charge in [0.05, 0.1) is 6.04 Å². The summed E-state index contributed by atoms with van der Waals surface area (Å²) in [6.45, 7) is 3.48. The van der Waals surface area contributed by atoms with Gasteiger partial charge in [-0.05, 0) is 62.7 Å². The van der Waals surface area contributed by atoms with Gasteiger partial charge < -0.3 is 15.5 Å². The summed E-state index contributed by atoms with van der Waals surface area (Å²) in [7, 11) is 0. The number of para-hydroxylation sites is 2. The topological polar surface area (TPSA) is 101 Å². The zero-order valence-electron chi connectivity index (χ0n) is 16.3. The monoisotopic (exact) mass is 392 g/mol. The predicted octanol–water partition coefficient (Wildman–Crippen LogP) is 3.13. The smallest absolute Gasteiger partial charge is 0.248 e. The summed E-state index contributed by atoms with van der Waals surface area (Å²) in [6.07, 6.45) is 1.97. The second-order valence-electron chi connectivity index (χ2n) is 7.46. The van der Waals surface area contributed by atoms with Crippen LogP contribution in [0.4, 0.5) is 5.69 Å². The van der Waals surface area contributed by atoms with E-state index < -0.39 is 5.91 Å². The molecule has 0 spiro atoms. The van der Waals surface area contributed by atoms with Crippen LogP contribution in [0.15, 0.2) is 52.9 Å². The fourth-order valence-electron chi connectivity index (χ4n) is 3.75. The fourth-order valence-corrected chi connectivity index (χ4v) is 3.75. The summed E-state index contributed by atoms with van der Waals surface area (Å²) in [4.78, 5) is 30.7. The number of primary amides is 1. The molecular formula is C22H24N4O3. The fraction of sp³-hybridized carbons (Fsp3) is 0.318. The highest BCUT2D eigenvalue weighted by molar-refractivity contribution is 5.96. The van der Waals surface area contributed by atoms with Gasteiger partial charge in [0.15, 0.2) is 11.5 Å². The number of likely N-dealkylation sites (tertiary alicyclic amines) is 1. The van der Waals surface area contributed by atoms with Gasteiger partial charge in [0.25, 0.3) is 0 Å². The molecule has 7 nitrogen and oxygen atoms in total. The Morgan fingerprint density at radius 2 is 1.97 bits per heavy atom. The summed E-state index contributed by atoms with van der Waals surface area (Å²) in [5.74, 6) is 0.330. The van der Waals surface area contributed by atoms with Crippen LogP contribution in [0.1, 0.15) is 41.9 Å². The van der Waals surface area contributed by atoms with Crippen LogP contribution in [-0.2, 0) is 4.79 Å². The van der Waals surface area contributed by atoms with Crippen molar-refractivity contribution in [2.75, 3.05) is 18.4 Å². The van der Waals surface area contributed by atoms with Crippen molar-refractivity contribution in [3.63, 3.8) is 0 Å². The third-order valence-corrected chi connectivity index (χ3v) is 5.48. The maximum absolute atomic E-state index is 12.7. The van der Waals surface area contributed by atoms with E-state index in [1.54, 1.807) is 24.3 Å². The third kappa shape index (κ3) is 4.14. The molecule has 3 aromatic rings. The Bertz CT molecular complexity index is 995. The van der Waals surface area contributed by atoms with Gasteiger partial charge in [-0.25, -0.2) is 4.98 Å². The Morgan fingerprint density at radius 1 is 1.21 bits per heavy atom. The minimum absolute atomic E-state index is 0.0879. The van der Waals surface area contributed by atoms with E-state index >= 15 is 0 Å². The molecule has 2 aromatic carbocycles. The van der Waals surface area contributed by atoms with Crippen LogP contribution in [0.5, 0.6) is 0 Å². The Morgan fingerprint density at radius 3 is 2.69 bits per heavy atom. The number of fused-ring (bicyclic) bond motifs is 1. The molecule has 2 unspecified atom stereocenters. The Kier molecular flexibility index (Phi) is 5.31. The van der Waals surface area contributed by atoms with Gasteiger partial charge in [0, 0.05) is 23.7 Å². The first-order valence-electron chi connectivity index (χ1n) is 9.81. The van der Waals surface area contributed by atoms with Gasteiger partial charge in [0.1, 0.15) is 5.52 Å². The van der Waals surface area contributed by atoms with E-state index in [0.717, 1.165) is 42.9 Å². The number of benzene rings is 2. The van der Waals surface area contributed by atoms with Crippen molar-refractivity contribution in [3.05, 3.63) is 60.0 Å². The average molecular weight is 392 g/mol. The molecular weight excluding hydrogens is 368 g/mol. The van der Waals surface area contributed by atoms with Crippen LogP contribution < -0.4 is 11.1 Å². The highest BCUT2D eigenvalue weighted by Crippen LogP contribution is 2.30. The van der Waals surface area contributed by atoms with Crippen molar-refractivity contribution < 1.29 is 14.0 Å². The van der Waals surface area contributed by atoms with Crippen molar-refractivity contribution in [3.8, 4) is 0 Å². The highest BCUT2D eigenvalue weighted by atomic mass is 16.3. The standard InChI is InChI=1S/C22H24N4O3/c1-14(21(28)24-17-10-8-15(9-11-17)20(23)27)26-12-4-5-16(13-26)22-25-18-6-2-3-7-19(18)29-22/h2-3,6-11,14,16H,4-5,12-13H2,1H3,(H2,23,27)(H,24,28). The molecule has 0 radical (unpaired) electrons. The first-order chi connectivity index (χ1) is 14.0. The molecule has 0 aliphatic carbocycles. The molecule has 4 rings (SSSR count). The predicted molar refractivity (Wildman–Crippen MR) is 111 cm³/mol. The van der Waals surface area contributed by atoms with Crippen molar-refractivity contribution in [2.24, 2.45) is 5.73 Å². The molecule has 3 N–H and O–H groups in total. The lowest BCUT2D eigenvalue weighted by atomic mass is 9.96. The molecule has 29 heavy (non-hydrogen) atoms. The number of rotatable bonds is 5. The minimum Gasteiger partial charge on any atom is -0.440 e. The van der Waals surface area contributed by atoms with E-state index in [9.17, 15) is 9.59 Å². The molecule has 150 valence electrons. The zero-order valence-corrected chi connectivity index (χ0v) is 16.3. The Labute approximate surface area is 168 Å². The van der Waals surface area contributed by atoms with Crippen LogP contribution in [0.2, 0.25) is 0 Å². The van der Waals surface area contributed by atoms with Gasteiger partial charge >= 0.3 is 0 Å². The van der Waals surface area contributed by atoms with Gasteiger partial charge in [-0.2, -0.15) is 0 Å². The maximum Gasteiger partial charge on any atom is 0.248 e. The lowest BCUT2D eigenvalue weighted by Crippen LogP contribution is -2.46. The van der Waals surface area contributed by atoms with Crippen LogP contribution in [-0.4, -0.2) is 40.8 Å². The molecule has 7 heteroatoms. The molecule has 2 atom stereocenters. The molecule has 1 aliphatic rings.